The number of benzene rings is 2. The highest BCUT2D eigenvalue weighted by Gasteiger charge is 2.34. The molecule has 0 saturated heterocycles. The number of aromatic nitrogens is 1. The molecule has 0 aliphatic heterocycles. The third-order valence-electron chi connectivity index (χ3n) is 7.21. The van der Waals surface area contributed by atoms with Crippen LogP contribution in [0.4, 0.5) is 0 Å². The first kappa shape index (κ1) is 26.9. The molecule has 2 aromatic carbocycles. The molecule has 198 valence electrons. The van der Waals surface area contributed by atoms with E-state index in [-0.39, 0.29) is 29.7 Å². The summed E-state index contributed by atoms with van der Waals surface area (Å²) in [4.78, 5) is 33.6. The van der Waals surface area contributed by atoms with Gasteiger partial charge in [0.15, 0.2) is 0 Å². The van der Waals surface area contributed by atoms with Crippen LogP contribution in [0.2, 0.25) is 0 Å². The van der Waals surface area contributed by atoms with Gasteiger partial charge in [-0.25, -0.2) is 0 Å². The molecular weight excluding hydrogens is 462 g/mol. The predicted octanol–water partition coefficient (Wildman–Crippen LogP) is 5.31. The summed E-state index contributed by atoms with van der Waals surface area (Å²) in [6, 6.07) is 16.8. The Kier molecular flexibility index (Phi) is 8.70. The number of H-pyrrole nitrogens is 1. The van der Waals surface area contributed by atoms with Crippen molar-refractivity contribution in [1.29, 1.82) is 0 Å². The molecule has 4 rings (SSSR count). The van der Waals surface area contributed by atoms with E-state index in [1.165, 1.54) is 16.5 Å². The van der Waals surface area contributed by atoms with E-state index in [0.717, 1.165) is 36.8 Å². The minimum Gasteiger partial charge on any atom is -0.385 e. The highest BCUT2D eigenvalue weighted by Crippen LogP contribution is 2.31. The molecule has 6 nitrogen and oxygen atoms in total. The van der Waals surface area contributed by atoms with Gasteiger partial charge in [-0.15, -0.1) is 0 Å². The van der Waals surface area contributed by atoms with E-state index in [1.54, 1.807) is 12.0 Å². The topological polar surface area (TPSA) is 65.6 Å². The third-order valence-corrected chi connectivity index (χ3v) is 7.21. The summed E-state index contributed by atoms with van der Waals surface area (Å²) in [5.74, 6) is 0.182. The first-order valence-electron chi connectivity index (χ1n) is 13.5. The number of methoxy groups -OCH3 is 1. The Morgan fingerprint density at radius 1 is 1.00 bits per heavy atom. The van der Waals surface area contributed by atoms with Gasteiger partial charge in [0.25, 0.3) is 0 Å². The van der Waals surface area contributed by atoms with E-state index in [4.69, 9.17) is 4.74 Å². The second-order valence-corrected chi connectivity index (χ2v) is 11.3. The second kappa shape index (κ2) is 12.0. The van der Waals surface area contributed by atoms with Gasteiger partial charge >= 0.3 is 0 Å². The fraction of sp³-hybridized carbons (Fsp3) is 0.484. The zero-order valence-corrected chi connectivity index (χ0v) is 22.8. The van der Waals surface area contributed by atoms with Crippen LogP contribution in [0.5, 0.6) is 0 Å². The van der Waals surface area contributed by atoms with Crippen molar-refractivity contribution in [3.63, 3.8) is 0 Å². The smallest absolute Gasteiger partial charge is 0.242 e. The summed E-state index contributed by atoms with van der Waals surface area (Å²) >= 11 is 0. The lowest BCUT2D eigenvalue weighted by molar-refractivity contribution is -0.141. The number of nitrogens with zero attached hydrogens (tertiary/aromatic N) is 2. The zero-order valence-electron chi connectivity index (χ0n) is 22.8. The fourth-order valence-corrected chi connectivity index (χ4v) is 4.74. The molecule has 1 saturated carbocycles. The maximum absolute atomic E-state index is 13.7. The minimum absolute atomic E-state index is 0.00819. The van der Waals surface area contributed by atoms with Gasteiger partial charge in [0, 0.05) is 56.4 Å². The molecule has 1 heterocycles. The van der Waals surface area contributed by atoms with E-state index < -0.39 is 0 Å². The monoisotopic (exact) mass is 503 g/mol. The van der Waals surface area contributed by atoms with Gasteiger partial charge in [-0.2, -0.15) is 0 Å². The van der Waals surface area contributed by atoms with E-state index in [1.807, 2.05) is 23.2 Å². The SMILES string of the molecule is COCCCN(CC(=O)N(CCc1c[nH]c2ccccc12)Cc1ccc(C(C)(C)C)cc1)C(=O)C1CC1. The number of carbonyl (C=O) groups excluding carboxylic acids is 2. The third kappa shape index (κ3) is 7.22. The van der Waals surface area contributed by atoms with Gasteiger partial charge in [-0.05, 0) is 53.9 Å². The number of fused-ring (bicyclic) bond motifs is 1. The number of aromatic amines is 1. The Labute approximate surface area is 221 Å². The van der Waals surface area contributed by atoms with Crippen LogP contribution in [0.15, 0.2) is 54.7 Å². The van der Waals surface area contributed by atoms with E-state index in [9.17, 15) is 9.59 Å². The summed E-state index contributed by atoms with van der Waals surface area (Å²) in [6.07, 6.45) is 5.37. The summed E-state index contributed by atoms with van der Waals surface area (Å²) in [7, 11) is 1.66. The minimum atomic E-state index is -0.00819. The normalized spacial score (nSPS) is 13.6. The average Bonchev–Trinajstić information content (AvgIpc) is 3.65. The summed E-state index contributed by atoms with van der Waals surface area (Å²) in [5.41, 5.74) is 4.75. The molecule has 6 heteroatoms. The van der Waals surface area contributed by atoms with Gasteiger partial charge in [0.2, 0.25) is 11.8 Å². The Morgan fingerprint density at radius 2 is 1.73 bits per heavy atom. The maximum atomic E-state index is 13.7. The molecule has 37 heavy (non-hydrogen) atoms. The maximum Gasteiger partial charge on any atom is 0.242 e. The number of hydrogen-bond donors (Lipinski definition) is 1. The van der Waals surface area contributed by atoms with Crippen molar-refractivity contribution < 1.29 is 14.3 Å². The highest BCUT2D eigenvalue weighted by atomic mass is 16.5. The lowest BCUT2D eigenvalue weighted by atomic mass is 9.87. The van der Waals surface area contributed by atoms with Crippen LogP contribution in [0.1, 0.15) is 56.7 Å². The predicted molar refractivity (Wildman–Crippen MR) is 148 cm³/mol. The fourth-order valence-electron chi connectivity index (χ4n) is 4.74. The first-order valence-corrected chi connectivity index (χ1v) is 13.5. The van der Waals surface area contributed by atoms with Crippen molar-refractivity contribution >= 4 is 22.7 Å². The summed E-state index contributed by atoms with van der Waals surface area (Å²) in [6.45, 7) is 8.96. The Bertz CT molecular complexity index is 1190. The van der Waals surface area contributed by atoms with Gasteiger partial charge in [-0.1, -0.05) is 63.2 Å². The van der Waals surface area contributed by atoms with Crippen LogP contribution in [0, 0.1) is 5.92 Å². The molecule has 2 amide bonds. The zero-order chi connectivity index (χ0) is 26.4. The van der Waals surface area contributed by atoms with Crippen LogP contribution >= 0.6 is 0 Å². The first-order chi connectivity index (χ1) is 17.8. The molecule has 1 fully saturated rings. The Balaban J connectivity index is 1.51. The van der Waals surface area contributed by atoms with Crippen LogP contribution in [-0.4, -0.2) is 59.9 Å². The summed E-state index contributed by atoms with van der Waals surface area (Å²) < 4.78 is 5.19. The van der Waals surface area contributed by atoms with Gasteiger partial charge in [0.05, 0.1) is 6.54 Å². The largest absolute Gasteiger partial charge is 0.385 e. The molecule has 0 radical (unpaired) electrons. The molecule has 3 aromatic rings. The number of para-hydroxylation sites is 1. The molecular formula is C31H41N3O3. The standard InChI is InChI=1S/C31H41N3O3/c1-31(2,3)26-14-10-23(11-15-26)21-33(18-16-25-20-32-28-9-6-5-8-27(25)28)29(35)22-34(17-7-19-37-4)30(36)24-12-13-24/h5-6,8-11,14-15,20,24,32H,7,12-13,16-19,21-22H2,1-4H3. The van der Waals surface area contributed by atoms with E-state index >= 15 is 0 Å². The van der Waals surface area contributed by atoms with Crippen LogP contribution in [0.25, 0.3) is 10.9 Å². The number of amides is 2. The van der Waals surface area contributed by atoms with Crippen LogP contribution < -0.4 is 0 Å². The number of carbonyl (C=O) groups is 2. The van der Waals surface area contributed by atoms with Crippen molar-refractivity contribution in [3.8, 4) is 0 Å². The molecule has 0 atom stereocenters. The molecule has 0 unspecified atom stereocenters. The number of ether oxygens (including phenoxy) is 1. The lowest BCUT2D eigenvalue weighted by Crippen LogP contribution is -2.44. The van der Waals surface area contributed by atoms with E-state index in [2.05, 4.69) is 62.2 Å². The highest BCUT2D eigenvalue weighted by molar-refractivity contribution is 5.87. The van der Waals surface area contributed by atoms with Gasteiger partial charge in [0.1, 0.15) is 0 Å². The molecule has 1 aliphatic carbocycles. The van der Waals surface area contributed by atoms with Crippen molar-refractivity contribution in [2.45, 2.75) is 58.4 Å². The number of nitrogens with one attached hydrogen (secondary N) is 1. The van der Waals surface area contributed by atoms with Crippen LogP contribution in [-0.2, 0) is 32.7 Å². The van der Waals surface area contributed by atoms with Crippen molar-refractivity contribution in [1.82, 2.24) is 14.8 Å². The quantitative estimate of drug-likeness (QED) is 0.341. The molecule has 0 spiro atoms. The van der Waals surface area contributed by atoms with Crippen molar-refractivity contribution in [2.75, 3.05) is 33.4 Å². The van der Waals surface area contributed by atoms with E-state index in [0.29, 0.717) is 26.2 Å². The van der Waals surface area contributed by atoms with Crippen LogP contribution in [0.3, 0.4) is 0 Å². The van der Waals surface area contributed by atoms with Crippen molar-refractivity contribution in [3.05, 3.63) is 71.4 Å². The molecule has 1 N–H and O–H groups in total. The number of rotatable bonds is 12. The lowest BCUT2D eigenvalue weighted by Gasteiger charge is -2.28. The van der Waals surface area contributed by atoms with Gasteiger partial charge in [-0.3, -0.25) is 9.59 Å². The number of hydrogen-bond acceptors (Lipinski definition) is 3. The average molecular weight is 504 g/mol. The Hall–Kier alpha value is -3.12. The molecule has 0 bridgehead atoms. The van der Waals surface area contributed by atoms with Crippen molar-refractivity contribution in [2.24, 2.45) is 5.92 Å². The molecule has 1 aliphatic rings. The Morgan fingerprint density at radius 3 is 2.41 bits per heavy atom. The molecule has 1 aromatic heterocycles. The second-order valence-electron chi connectivity index (χ2n) is 11.3. The summed E-state index contributed by atoms with van der Waals surface area (Å²) in [5, 5.41) is 1.19. The van der Waals surface area contributed by atoms with Gasteiger partial charge < -0.3 is 19.5 Å².